The van der Waals surface area contributed by atoms with Gasteiger partial charge in [-0.25, -0.2) is 14.4 Å². The van der Waals surface area contributed by atoms with Gasteiger partial charge in [-0.3, -0.25) is 4.79 Å². The van der Waals surface area contributed by atoms with E-state index in [2.05, 4.69) is 20.6 Å². The standard InChI is InChI=1S/C26H21FN4O2/c1-33-22-13-11-21(12-14-22)30-25-18(4-2-16-28-25)6-15-24(32)23-5-3-17-29-26(23)31-20-9-7-19(27)8-10-20/h2-17H,1H3,(H,28,30)(H,29,31). The summed E-state index contributed by atoms with van der Waals surface area (Å²) < 4.78 is 18.4. The van der Waals surface area contributed by atoms with Crippen molar-refractivity contribution in [3.63, 3.8) is 0 Å². The lowest BCUT2D eigenvalue weighted by molar-refractivity contribution is 0.104. The predicted molar refractivity (Wildman–Crippen MR) is 128 cm³/mol. The van der Waals surface area contributed by atoms with E-state index in [1.807, 2.05) is 30.3 Å². The minimum atomic E-state index is -0.337. The Morgan fingerprint density at radius 3 is 2.15 bits per heavy atom. The lowest BCUT2D eigenvalue weighted by Gasteiger charge is -2.10. The van der Waals surface area contributed by atoms with Gasteiger partial charge in [0.15, 0.2) is 5.78 Å². The molecule has 6 nitrogen and oxygen atoms in total. The number of anilines is 4. The van der Waals surface area contributed by atoms with Crippen molar-refractivity contribution in [1.82, 2.24) is 9.97 Å². The number of hydrogen-bond acceptors (Lipinski definition) is 6. The number of ketones is 1. The first-order valence-electron chi connectivity index (χ1n) is 10.2. The molecule has 4 aromatic rings. The van der Waals surface area contributed by atoms with Crippen LogP contribution >= 0.6 is 0 Å². The highest BCUT2D eigenvalue weighted by Gasteiger charge is 2.11. The third kappa shape index (κ3) is 5.59. The summed E-state index contributed by atoms with van der Waals surface area (Å²) in [6.45, 7) is 0. The van der Waals surface area contributed by atoms with Crippen LogP contribution < -0.4 is 15.4 Å². The quantitative estimate of drug-likeness (QED) is 0.258. The van der Waals surface area contributed by atoms with Gasteiger partial charge in [0.25, 0.3) is 0 Å². The average molecular weight is 440 g/mol. The maximum absolute atomic E-state index is 13.2. The number of halogens is 1. The van der Waals surface area contributed by atoms with Crippen LogP contribution in [0.3, 0.4) is 0 Å². The SMILES string of the molecule is COc1ccc(Nc2ncccc2C=CC(=O)c2cccnc2Nc2ccc(F)cc2)cc1. The number of methoxy groups -OCH3 is 1. The van der Waals surface area contributed by atoms with Crippen molar-refractivity contribution >= 4 is 34.9 Å². The molecule has 0 radical (unpaired) electrons. The highest BCUT2D eigenvalue weighted by atomic mass is 19.1. The van der Waals surface area contributed by atoms with E-state index in [1.165, 1.54) is 18.2 Å². The molecule has 0 saturated carbocycles. The second kappa shape index (κ2) is 10.2. The van der Waals surface area contributed by atoms with Gasteiger partial charge in [0.1, 0.15) is 23.2 Å². The molecular formula is C26H21FN4O2. The molecule has 2 heterocycles. The van der Waals surface area contributed by atoms with Crippen molar-refractivity contribution in [3.8, 4) is 5.75 Å². The fraction of sp³-hybridized carbons (Fsp3) is 0.0385. The van der Waals surface area contributed by atoms with Crippen molar-refractivity contribution in [3.05, 3.63) is 108 Å². The van der Waals surface area contributed by atoms with E-state index in [4.69, 9.17) is 4.74 Å². The van der Waals surface area contributed by atoms with E-state index in [9.17, 15) is 9.18 Å². The number of allylic oxidation sites excluding steroid dienone is 1. The van der Waals surface area contributed by atoms with Crippen LogP contribution in [-0.2, 0) is 0 Å². The number of nitrogens with zero attached hydrogens (tertiary/aromatic N) is 2. The summed E-state index contributed by atoms with van der Waals surface area (Å²) in [7, 11) is 1.62. The van der Waals surface area contributed by atoms with Crippen molar-refractivity contribution in [1.29, 1.82) is 0 Å². The smallest absolute Gasteiger partial charge is 0.189 e. The molecule has 0 spiro atoms. The Bertz CT molecular complexity index is 1270. The van der Waals surface area contributed by atoms with Crippen LogP contribution in [0.4, 0.5) is 27.4 Å². The van der Waals surface area contributed by atoms with E-state index in [0.29, 0.717) is 22.9 Å². The van der Waals surface area contributed by atoms with Gasteiger partial charge in [-0.15, -0.1) is 0 Å². The van der Waals surface area contributed by atoms with Crippen LogP contribution in [0.15, 0.2) is 91.3 Å². The lowest BCUT2D eigenvalue weighted by atomic mass is 10.1. The highest BCUT2D eigenvalue weighted by molar-refractivity contribution is 6.10. The second-order valence-electron chi connectivity index (χ2n) is 7.02. The van der Waals surface area contributed by atoms with Gasteiger partial charge in [-0.2, -0.15) is 0 Å². The van der Waals surface area contributed by atoms with E-state index in [-0.39, 0.29) is 11.6 Å². The summed E-state index contributed by atoms with van der Waals surface area (Å²) in [5.74, 6) is 1.20. The van der Waals surface area contributed by atoms with Gasteiger partial charge in [-0.1, -0.05) is 0 Å². The zero-order chi connectivity index (χ0) is 23.0. The largest absolute Gasteiger partial charge is 0.497 e. The first-order chi connectivity index (χ1) is 16.1. The molecule has 2 aromatic carbocycles. The summed E-state index contributed by atoms with van der Waals surface area (Å²) in [6.07, 6.45) is 6.44. The van der Waals surface area contributed by atoms with Crippen LogP contribution in [0.2, 0.25) is 0 Å². The monoisotopic (exact) mass is 440 g/mol. The molecule has 0 unspecified atom stereocenters. The number of rotatable bonds is 8. The minimum absolute atomic E-state index is 0.230. The van der Waals surface area contributed by atoms with E-state index < -0.39 is 0 Å². The van der Waals surface area contributed by atoms with Crippen LogP contribution in [0.5, 0.6) is 5.75 Å². The third-order valence-corrected chi connectivity index (χ3v) is 4.79. The van der Waals surface area contributed by atoms with Gasteiger partial charge in [-0.05, 0) is 84.9 Å². The Hall–Kier alpha value is -4.52. The second-order valence-corrected chi connectivity index (χ2v) is 7.02. The zero-order valence-electron chi connectivity index (χ0n) is 17.8. The topological polar surface area (TPSA) is 76.1 Å². The van der Waals surface area contributed by atoms with Gasteiger partial charge in [0.05, 0.1) is 12.7 Å². The van der Waals surface area contributed by atoms with Crippen LogP contribution in [0.1, 0.15) is 15.9 Å². The number of hydrogen-bond donors (Lipinski definition) is 2. The summed E-state index contributed by atoms with van der Waals surface area (Å²) in [6, 6.07) is 20.4. The molecule has 2 aromatic heterocycles. The third-order valence-electron chi connectivity index (χ3n) is 4.79. The molecule has 0 aliphatic carbocycles. The van der Waals surface area contributed by atoms with Crippen LogP contribution in [0, 0.1) is 5.82 Å². The number of carbonyl (C=O) groups excluding carboxylic acids is 1. The summed E-state index contributed by atoms with van der Waals surface area (Å²) in [5.41, 5.74) is 2.62. The minimum Gasteiger partial charge on any atom is -0.497 e. The van der Waals surface area contributed by atoms with Crippen molar-refractivity contribution in [2.24, 2.45) is 0 Å². The molecule has 33 heavy (non-hydrogen) atoms. The molecule has 0 atom stereocenters. The first kappa shape index (κ1) is 21.7. The van der Waals surface area contributed by atoms with E-state index in [0.717, 1.165) is 17.0 Å². The number of benzene rings is 2. The number of aromatic nitrogens is 2. The number of carbonyl (C=O) groups is 1. The van der Waals surface area contributed by atoms with Crippen molar-refractivity contribution in [2.75, 3.05) is 17.7 Å². The van der Waals surface area contributed by atoms with Gasteiger partial charge in [0, 0.05) is 29.3 Å². The lowest BCUT2D eigenvalue weighted by Crippen LogP contribution is -2.03. The molecule has 7 heteroatoms. The molecule has 164 valence electrons. The van der Waals surface area contributed by atoms with Gasteiger partial charge in [0.2, 0.25) is 0 Å². The summed E-state index contributed by atoms with van der Waals surface area (Å²) in [4.78, 5) is 21.6. The zero-order valence-corrected chi connectivity index (χ0v) is 17.8. The average Bonchev–Trinajstić information content (AvgIpc) is 2.85. The maximum Gasteiger partial charge on any atom is 0.189 e. The Morgan fingerprint density at radius 2 is 1.45 bits per heavy atom. The van der Waals surface area contributed by atoms with Gasteiger partial charge >= 0.3 is 0 Å². The molecule has 0 saturated heterocycles. The molecule has 2 N–H and O–H groups in total. The molecule has 0 fully saturated rings. The maximum atomic E-state index is 13.2. The molecule has 4 rings (SSSR count). The fourth-order valence-electron chi connectivity index (χ4n) is 3.10. The Morgan fingerprint density at radius 1 is 0.848 bits per heavy atom. The molecular weight excluding hydrogens is 419 g/mol. The normalized spacial score (nSPS) is 10.7. The summed E-state index contributed by atoms with van der Waals surface area (Å²) >= 11 is 0. The fourth-order valence-corrected chi connectivity index (χ4v) is 3.10. The number of ether oxygens (including phenoxy) is 1. The van der Waals surface area contributed by atoms with E-state index >= 15 is 0 Å². The predicted octanol–water partition coefficient (Wildman–Crippen LogP) is 6.01. The molecule has 0 amide bonds. The Labute approximate surface area is 190 Å². The first-order valence-corrected chi connectivity index (χ1v) is 10.2. The molecule has 0 aliphatic heterocycles. The van der Waals surface area contributed by atoms with E-state index in [1.54, 1.807) is 55.9 Å². The molecule has 0 aliphatic rings. The van der Waals surface area contributed by atoms with Crippen molar-refractivity contribution in [2.45, 2.75) is 0 Å². The molecule has 0 bridgehead atoms. The Balaban J connectivity index is 1.53. The summed E-state index contributed by atoms with van der Waals surface area (Å²) in [5, 5.41) is 6.32. The Kier molecular flexibility index (Phi) is 6.70. The van der Waals surface area contributed by atoms with Crippen LogP contribution in [0.25, 0.3) is 6.08 Å². The van der Waals surface area contributed by atoms with Crippen molar-refractivity contribution < 1.29 is 13.9 Å². The van der Waals surface area contributed by atoms with Crippen LogP contribution in [-0.4, -0.2) is 22.9 Å². The van der Waals surface area contributed by atoms with Gasteiger partial charge < -0.3 is 15.4 Å². The number of nitrogens with one attached hydrogen (secondary N) is 2. The number of pyridine rings is 2. The highest BCUT2D eigenvalue weighted by Crippen LogP contribution is 2.23.